The summed E-state index contributed by atoms with van der Waals surface area (Å²) >= 11 is 4.85. The molecule has 140 valence electrons. The SMILES string of the molecule is CC(C)(C)C(=O)Nc1ccccc1Sc1nc(Br)nn1Cc1ccccc1. The summed E-state index contributed by atoms with van der Waals surface area (Å²) in [5, 5.41) is 8.22. The van der Waals surface area contributed by atoms with Gasteiger partial charge < -0.3 is 5.32 Å². The van der Waals surface area contributed by atoms with Gasteiger partial charge in [-0.2, -0.15) is 4.98 Å². The summed E-state index contributed by atoms with van der Waals surface area (Å²) in [6.07, 6.45) is 0. The van der Waals surface area contributed by atoms with Gasteiger partial charge in [-0.05, 0) is 45.4 Å². The topological polar surface area (TPSA) is 59.8 Å². The molecule has 0 saturated carbocycles. The minimum Gasteiger partial charge on any atom is -0.325 e. The predicted molar refractivity (Wildman–Crippen MR) is 112 cm³/mol. The Balaban J connectivity index is 1.85. The second-order valence-electron chi connectivity index (χ2n) is 7.11. The van der Waals surface area contributed by atoms with Crippen molar-refractivity contribution in [2.24, 2.45) is 5.41 Å². The van der Waals surface area contributed by atoms with E-state index in [1.165, 1.54) is 11.8 Å². The lowest BCUT2D eigenvalue weighted by Gasteiger charge is -2.19. The van der Waals surface area contributed by atoms with Crippen LogP contribution in [0.3, 0.4) is 0 Å². The minimum atomic E-state index is -0.464. The van der Waals surface area contributed by atoms with Crippen molar-refractivity contribution in [2.75, 3.05) is 5.32 Å². The average Bonchev–Trinajstić information content (AvgIpc) is 2.95. The van der Waals surface area contributed by atoms with Gasteiger partial charge in [0.05, 0.1) is 12.2 Å². The molecule has 27 heavy (non-hydrogen) atoms. The molecular weight excluding hydrogens is 424 g/mol. The number of nitrogens with zero attached hydrogens (tertiary/aromatic N) is 3. The van der Waals surface area contributed by atoms with Gasteiger partial charge in [-0.3, -0.25) is 4.79 Å². The number of hydrogen-bond acceptors (Lipinski definition) is 4. The van der Waals surface area contributed by atoms with E-state index in [0.717, 1.165) is 21.3 Å². The Labute approximate surface area is 171 Å². The van der Waals surface area contributed by atoms with Crippen molar-refractivity contribution in [1.82, 2.24) is 14.8 Å². The standard InChI is InChI=1S/C20H21BrN4OS/c1-20(2,3)17(26)22-15-11-7-8-12-16(15)27-19-23-18(21)24-25(19)13-14-9-5-4-6-10-14/h4-12H,13H2,1-3H3,(H,22,26). The second-order valence-corrected chi connectivity index (χ2v) is 8.83. The molecule has 5 nitrogen and oxygen atoms in total. The van der Waals surface area contributed by atoms with Gasteiger partial charge in [-0.1, -0.05) is 63.2 Å². The fourth-order valence-electron chi connectivity index (χ4n) is 2.30. The zero-order chi connectivity index (χ0) is 19.4. The molecule has 0 aliphatic rings. The van der Waals surface area contributed by atoms with Gasteiger partial charge in [0, 0.05) is 10.3 Å². The summed E-state index contributed by atoms with van der Waals surface area (Å²) in [4.78, 5) is 17.8. The molecule has 1 N–H and O–H groups in total. The van der Waals surface area contributed by atoms with E-state index in [1.807, 2.05) is 67.9 Å². The molecule has 0 unspecified atom stereocenters. The maximum absolute atomic E-state index is 12.4. The van der Waals surface area contributed by atoms with Crippen LogP contribution in [-0.4, -0.2) is 20.7 Å². The number of rotatable bonds is 5. The van der Waals surface area contributed by atoms with Crippen LogP contribution in [0.15, 0.2) is 69.4 Å². The first-order valence-corrected chi connectivity index (χ1v) is 10.2. The zero-order valence-electron chi connectivity index (χ0n) is 15.4. The Morgan fingerprint density at radius 2 is 1.78 bits per heavy atom. The lowest BCUT2D eigenvalue weighted by Crippen LogP contribution is -2.27. The molecule has 0 aliphatic heterocycles. The van der Waals surface area contributed by atoms with Gasteiger partial charge in [0.25, 0.3) is 0 Å². The van der Waals surface area contributed by atoms with Crippen molar-refractivity contribution in [3.05, 3.63) is 64.9 Å². The van der Waals surface area contributed by atoms with Crippen molar-refractivity contribution in [2.45, 2.75) is 37.4 Å². The summed E-state index contributed by atoms with van der Waals surface area (Å²) in [6, 6.07) is 17.8. The number of nitrogens with one attached hydrogen (secondary N) is 1. The molecule has 0 spiro atoms. The maximum Gasteiger partial charge on any atom is 0.229 e. The third-order valence-electron chi connectivity index (χ3n) is 3.80. The van der Waals surface area contributed by atoms with Gasteiger partial charge in [-0.25, -0.2) is 4.68 Å². The van der Waals surface area contributed by atoms with Gasteiger partial charge in [0.2, 0.25) is 10.6 Å². The molecule has 1 aromatic heterocycles. The highest BCUT2D eigenvalue weighted by molar-refractivity contribution is 9.10. The molecule has 3 rings (SSSR count). The molecular formula is C20H21BrN4OS. The largest absolute Gasteiger partial charge is 0.325 e. The molecule has 0 atom stereocenters. The molecule has 0 fully saturated rings. The van der Waals surface area contributed by atoms with Crippen LogP contribution in [0.4, 0.5) is 5.69 Å². The number of halogens is 1. The predicted octanol–water partition coefficient (Wildman–Crippen LogP) is 5.22. The third kappa shape index (κ3) is 5.20. The number of para-hydroxylation sites is 1. The average molecular weight is 445 g/mol. The Morgan fingerprint density at radius 1 is 1.11 bits per heavy atom. The van der Waals surface area contributed by atoms with Gasteiger partial charge >= 0.3 is 0 Å². The molecule has 2 aromatic carbocycles. The number of anilines is 1. The summed E-state index contributed by atoms with van der Waals surface area (Å²) in [7, 11) is 0. The molecule has 0 saturated heterocycles. The summed E-state index contributed by atoms with van der Waals surface area (Å²) in [5.41, 5.74) is 1.45. The molecule has 0 radical (unpaired) electrons. The highest BCUT2D eigenvalue weighted by atomic mass is 79.9. The molecule has 1 heterocycles. The van der Waals surface area contributed by atoms with E-state index in [2.05, 4.69) is 43.5 Å². The first-order chi connectivity index (χ1) is 12.8. The lowest BCUT2D eigenvalue weighted by atomic mass is 9.95. The quantitative estimate of drug-likeness (QED) is 0.585. The Bertz CT molecular complexity index is 935. The normalized spacial score (nSPS) is 11.4. The zero-order valence-corrected chi connectivity index (χ0v) is 17.8. The first kappa shape index (κ1) is 19.6. The van der Waals surface area contributed by atoms with Crippen LogP contribution in [0, 0.1) is 5.41 Å². The summed E-state index contributed by atoms with van der Waals surface area (Å²) < 4.78 is 2.39. The number of carbonyl (C=O) groups excluding carboxylic acids is 1. The van der Waals surface area contributed by atoms with Crippen molar-refractivity contribution >= 4 is 39.3 Å². The second kappa shape index (κ2) is 8.27. The van der Waals surface area contributed by atoms with Crippen LogP contribution in [0.1, 0.15) is 26.3 Å². The molecule has 3 aromatic rings. The number of benzene rings is 2. The van der Waals surface area contributed by atoms with E-state index in [0.29, 0.717) is 11.3 Å². The Hall–Kier alpha value is -2.12. The van der Waals surface area contributed by atoms with Crippen LogP contribution in [-0.2, 0) is 11.3 Å². The summed E-state index contributed by atoms with van der Waals surface area (Å²) in [5.74, 6) is -0.0255. The van der Waals surface area contributed by atoms with Crippen LogP contribution in [0.5, 0.6) is 0 Å². The first-order valence-electron chi connectivity index (χ1n) is 8.55. The monoisotopic (exact) mass is 444 g/mol. The van der Waals surface area contributed by atoms with E-state index >= 15 is 0 Å². The van der Waals surface area contributed by atoms with Crippen LogP contribution >= 0.6 is 27.7 Å². The van der Waals surface area contributed by atoms with Crippen LogP contribution in [0.25, 0.3) is 0 Å². The number of hydrogen-bond donors (Lipinski definition) is 1. The van der Waals surface area contributed by atoms with Crippen molar-refractivity contribution in [1.29, 1.82) is 0 Å². The van der Waals surface area contributed by atoms with Gasteiger partial charge in [0.15, 0.2) is 5.16 Å². The van der Waals surface area contributed by atoms with Crippen molar-refractivity contribution < 1.29 is 4.79 Å². The summed E-state index contributed by atoms with van der Waals surface area (Å²) in [6.45, 7) is 6.31. The van der Waals surface area contributed by atoms with Crippen molar-refractivity contribution in [3.8, 4) is 0 Å². The highest BCUT2D eigenvalue weighted by Crippen LogP contribution is 2.34. The van der Waals surface area contributed by atoms with E-state index < -0.39 is 5.41 Å². The van der Waals surface area contributed by atoms with Crippen LogP contribution in [0.2, 0.25) is 0 Å². The van der Waals surface area contributed by atoms with Crippen LogP contribution < -0.4 is 5.32 Å². The smallest absolute Gasteiger partial charge is 0.229 e. The number of aromatic nitrogens is 3. The molecule has 1 amide bonds. The van der Waals surface area contributed by atoms with E-state index in [-0.39, 0.29) is 5.91 Å². The van der Waals surface area contributed by atoms with E-state index in [4.69, 9.17) is 0 Å². The van der Waals surface area contributed by atoms with Crippen molar-refractivity contribution in [3.63, 3.8) is 0 Å². The lowest BCUT2D eigenvalue weighted by molar-refractivity contribution is -0.123. The van der Waals surface area contributed by atoms with Gasteiger partial charge in [-0.15, -0.1) is 5.10 Å². The maximum atomic E-state index is 12.4. The van der Waals surface area contributed by atoms with Gasteiger partial charge in [0.1, 0.15) is 0 Å². The minimum absolute atomic E-state index is 0.0255. The number of amides is 1. The molecule has 7 heteroatoms. The highest BCUT2D eigenvalue weighted by Gasteiger charge is 2.22. The molecule has 0 aliphatic carbocycles. The third-order valence-corrected chi connectivity index (χ3v) is 5.20. The van der Waals surface area contributed by atoms with E-state index in [9.17, 15) is 4.79 Å². The number of carbonyl (C=O) groups is 1. The Morgan fingerprint density at radius 3 is 2.48 bits per heavy atom. The Kier molecular flexibility index (Phi) is 6.01. The molecule has 0 bridgehead atoms. The van der Waals surface area contributed by atoms with E-state index in [1.54, 1.807) is 0 Å². The fraction of sp³-hybridized carbons (Fsp3) is 0.250. The fourth-order valence-corrected chi connectivity index (χ4v) is 3.70.